The van der Waals surface area contributed by atoms with Gasteiger partial charge in [-0.1, -0.05) is 17.3 Å². The molecule has 6 nitrogen and oxygen atoms in total. The molecule has 124 valence electrons. The number of nitrogens with zero attached hydrogens (tertiary/aromatic N) is 3. The molecule has 0 aliphatic heterocycles. The summed E-state index contributed by atoms with van der Waals surface area (Å²) in [6.45, 7) is 1.42. The molecule has 1 amide bonds. The van der Waals surface area contributed by atoms with E-state index in [2.05, 4.69) is 15.5 Å². The van der Waals surface area contributed by atoms with E-state index in [9.17, 15) is 4.79 Å². The zero-order chi connectivity index (χ0) is 15.5. The van der Waals surface area contributed by atoms with Crippen molar-refractivity contribution in [3.05, 3.63) is 35.7 Å². The lowest BCUT2D eigenvalue weighted by Gasteiger charge is -2.17. The molecule has 1 aliphatic carbocycles. The zero-order valence-corrected chi connectivity index (χ0v) is 14.1. The van der Waals surface area contributed by atoms with Crippen molar-refractivity contribution in [3.63, 3.8) is 0 Å². The Hall–Kier alpha value is -1.92. The van der Waals surface area contributed by atoms with Crippen LogP contribution < -0.4 is 5.32 Å². The predicted molar refractivity (Wildman–Crippen MR) is 89.8 cm³/mol. The number of carbonyl (C=O) groups excluding carboxylic acids is 1. The van der Waals surface area contributed by atoms with Crippen LogP contribution in [0.5, 0.6) is 0 Å². The average molecular weight is 337 g/mol. The molecule has 0 unspecified atom stereocenters. The summed E-state index contributed by atoms with van der Waals surface area (Å²) in [7, 11) is 3.67. The van der Waals surface area contributed by atoms with Crippen molar-refractivity contribution < 1.29 is 9.32 Å². The third-order valence-electron chi connectivity index (χ3n) is 3.78. The van der Waals surface area contributed by atoms with E-state index < -0.39 is 0 Å². The number of halogens is 1. The van der Waals surface area contributed by atoms with E-state index in [1.807, 2.05) is 31.3 Å². The second kappa shape index (κ2) is 7.57. The van der Waals surface area contributed by atoms with Crippen LogP contribution in [0.25, 0.3) is 11.4 Å². The van der Waals surface area contributed by atoms with Crippen LogP contribution in [0.1, 0.15) is 35.0 Å². The van der Waals surface area contributed by atoms with Gasteiger partial charge in [0.15, 0.2) is 0 Å². The first-order valence-electron chi connectivity index (χ1n) is 7.53. The van der Waals surface area contributed by atoms with E-state index >= 15 is 0 Å². The maximum absolute atomic E-state index is 12.4. The molecule has 1 aliphatic rings. The predicted octanol–water partition coefficient (Wildman–Crippen LogP) is 2.33. The molecule has 0 atom stereocenters. The van der Waals surface area contributed by atoms with Crippen molar-refractivity contribution >= 4 is 18.3 Å². The Morgan fingerprint density at radius 3 is 2.91 bits per heavy atom. The summed E-state index contributed by atoms with van der Waals surface area (Å²) in [4.78, 5) is 18.5. The number of hydrogen-bond acceptors (Lipinski definition) is 5. The first-order chi connectivity index (χ1) is 10.7. The Morgan fingerprint density at radius 2 is 2.22 bits per heavy atom. The van der Waals surface area contributed by atoms with E-state index in [-0.39, 0.29) is 18.3 Å². The van der Waals surface area contributed by atoms with Gasteiger partial charge in [0.05, 0.1) is 0 Å². The highest BCUT2D eigenvalue weighted by Crippen LogP contribution is 2.39. The topological polar surface area (TPSA) is 71.3 Å². The monoisotopic (exact) mass is 336 g/mol. The lowest BCUT2D eigenvalue weighted by molar-refractivity contribution is 0.0797. The quantitative estimate of drug-likeness (QED) is 0.876. The molecular formula is C16H21ClN4O2. The van der Waals surface area contributed by atoms with Crippen LogP contribution in [0.3, 0.4) is 0 Å². The van der Waals surface area contributed by atoms with E-state index in [4.69, 9.17) is 4.52 Å². The van der Waals surface area contributed by atoms with Crippen LogP contribution in [-0.4, -0.2) is 48.1 Å². The molecule has 1 heterocycles. The Balaban J connectivity index is 0.00000192. The minimum Gasteiger partial charge on any atom is -0.340 e. The van der Waals surface area contributed by atoms with Crippen molar-refractivity contribution in [1.82, 2.24) is 20.4 Å². The normalized spacial score (nSPS) is 13.5. The Kier molecular flexibility index (Phi) is 5.74. The summed E-state index contributed by atoms with van der Waals surface area (Å²) in [6.07, 6.45) is 2.24. The summed E-state index contributed by atoms with van der Waals surface area (Å²) in [5, 5.41) is 7.06. The van der Waals surface area contributed by atoms with Crippen LogP contribution in [0.4, 0.5) is 0 Å². The number of hydrogen-bond donors (Lipinski definition) is 1. The van der Waals surface area contributed by atoms with Gasteiger partial charge in [0.2, 0.25) is 11.7 Å². The second-order valence-corrected chi connectivity index (χ2v) is 5.64. The SMILES string of the molecule is CNCCN(C)C(=O)c1cccc(-c2noc(C3CC3)n2)c1.Cl. The average Bonchev–Trinajstić information content (AvgIpc) is 3.29. The highest BCUT2D eigenvalue weighted by atomic mass is 35.5. The Morgan fingerprint density at radius 1 is 1.43 bits per heavy atom. The summed E-state index contributed by atoms with van der Waals surface area (Å²) < 4.78 is 5.28. The molecule has 0 bridgehead atoms. The zero-order valence-electron chi connectivity index (χ0n) is 13.3. The number of rotatable bonds is 6. The Bertz CT molecular complexity index is 670. The summed E-state index contributed by atoms with van der Waals surface area (Å²) >= 11 is 0. The van der Waals surface area contributed by atoms with Gasteiger partial charge in [-0.15, -0.1) is 12.4 Å². The third-order valence-corrected chi connectivity index (χ3v) is 3.78. The van der Waals surface area contributed by atoms with Crippen LogP contribution in [0.2, 0.25) is 0 Å². The number of likely N-dealkylation sites (N-methyl/N-ethyl adjacent to an activating group) is 2. The highest BCUT2D eigenvalue weighted by molar-refractivity contribution is 5.95. The molecule has 0 spiro atoms. The number of benzene rings is 1. The summed E-state index contributed by atoms with van der Waals surface area (Å²) in [6, 6.07) is 7.37. The fourth-order valence-electron chi connectivity index (χ4n) is 2.24. The van der Waals surface area contributed by atoms with Gasteiger partial charge in [0.25, 0.3) is 5.91 Å². The molecule has 1 saturated carbocycles. The molecule has 0 saturated heterocycles. The van der Waals surface area contributed by atoms with Gasteiger partial charge in [0.1, 0.15) is 0 Å². The van der Waals surface area contributed by atoms with E-state index in [1.54, 1.807) is 11.9 Å². The molecule has 1 N–H and O–H groups in total. The fourth-order valence-corrected chi connectivity index (χ4v) is 2.24. The van der Waals surface area contributed by atoms with Gasteiger partial charge < -0.3 is 14.7 Å². The third kappa shape index (κ3) is 4.09. The van der Waals surface area contributed by atoms with Crippen LogP contribution in [-0.2, 0) is 0 Å². The van der Waals surface area contributed by atoms with Crippen LogP contribution >= 0.6 is 12.4 Å². The van der Waals surface area contributed by atoms with E-state index in [1.165, 1.54) is 0 Å². The highest BCUT2D eigenvalue weighted by Gasteiger charge is 2.29. The van der Waals surface area contributed by atoms with E-state index in [0.717, 1.165) is 24.9 Å². The number of nitrogens with one attached hydrogen (secondary N) is 1. The lowest BCUT2D eigenvalue weighted by Crippen LogP contribution is -2.32. The van der Waals surface area contributed by atoms with Gasteiger partial charge in [-0.25, -0.2) is 0 Å². The summed E-state index contributed by atoms with van der Waals surface area (Å²) in [5.74, 6) is 1.68. The minimum absolute atomic E-state index is 0. The largest absolute Gasteiger partial charge is 0.340 e. The van der Waals surface area contributed by atoms with Gasteiger partial charge >= 0.3 is 0 Å². The van der Waals surface area contributed by atoms with Gasteiger partial charge in [-0.05, 0) is 32.0 Å². The van der Waals surface area contributed by atoms with E-state index in [0.29, 0.717) is 29.7 Å². The number of amides is 1. The van der Waals surface area contributed by atoms with Crippen molar-refractivity contribution in [3.8, 4) is 11.4 Å². The lowest BCUT2D eigenvalue weighted by atomic mass is 10.1. The fraction of sp³-hybridized carbons (Fsp3) is 0.438. The number of carbonyl (C=O) groups is 1. The molecule has 2 aromatic rings. The molecule has 0 radical (unpaired) electrons. The maximum Gasteiger partial charge on any atom is 0.253 e. The van der Waals surface area contributed by atoms with Gasteiger partial charge in [-0.3, -0.25) is 4.79 Å². The van der Waals surface area contributed by atoms with Crippen LogP contribution in [0.15, 0.2) is 28.8 Å². The van der Waals surface area contributed by atoms with Crippen molar-refractivity contribution in [2.45, 2.75) is 18.8 Å². The number of aromatic nitrogens is 2. The second-order valence-electron chi connectivity index (χ2n) is 5.64. The van der Waals surface area contributed by atoms with Crippen LogP contribution in [0, 0.1) is 0 Å². The van der Waals surface area contributed by atoms with Gasteiger partial charge in [-0.2, -0.15) is 4.98 Å². The summed E-state index contributed by atoms with van der Waals surface area (Å²) in [5.41, 5.74) is 1.44. The molecule has 23 heavy (non-hydrogen) atoms. The Labute approximate surface area is 141 Å². The standard InChI is InChI=1S/C16H20N4O2.ClH/c1-17-8-9-20(2)16(21)13-5-3-4-12(10-13)14-18-15(22-19-14)11-6-7-11;/h3-5,10-11,17H,6-9H2,1-2H3;1H. The molecule has 3 rings (SSSR count). The molecular weight excluding hydrogens is 316 g/mol. The molecule has 1 aromatic heterocycles. The molecule has 1 aromatic carbocycles. The first-order valence-corrected chi connectivity index (χ1v) is 7.53. The first kappa shape index (κ1) is 17.4. The molecule has 1 fully saturated rings. The van der Waals surface area contributed by atoms with Crippen molar-refractivity contribution in [2.24, 2.45) is 0 Å². The maximum atomic E-state index is 12.4. The van der Waals surface area contributed by atoms with Gasteiger partial charge in [0, 0.05) is 37.2 Å². The smallest absolute Gasteiger partial charge is 0.253 e. The minimum atomic E-state index is -0.0111. The van der Waals surface area contributed by atoms with Crippen molar-refractivity contribution in [1.29, 1.82) is 0 Å². The molecule has 7 heteroatoms. The van der Waals surface area contributed by atoms with Crippen molar-refractivity contribution in [2.75, 3.05) is 27.2 Å².